The Hall–Kier alpha value is -1.75. The number of anilines is 2. The predicted molar refractivity (Wildman–Crippen MR) is 71.3 cm³/mol. The van der Waals surface area contributed by atoms with E-state index in [0.717, 1.165) is 25.7 Å². The van der Waals surface area contributed by atoms with E-state index >= 15 is 0 Å². The average molecular weight is 249 g/mol. The number of nitrogens with two attached hydrogens (primary N) is 2. The van der Waals surface area contributed by atoms with Crippen molar-refractivity contribution in [1.29, 1.82) is 0 Å². The molecule has 0 spiro atoms. The smallest absolute Gasteiger partial charge is 0.248 e. The molecular weight excluding hydrogens is 230 g/mol. The molecule has 1 aliphatic rings. The first-order valence-corrected chi connectivity index (χ1v) is 6.22. The summed E-state index contributed by atoms with van der Waals surface area (Å²) < 4.78 is 0. The number of aliphatic hydroxyl groups excluding tert-OH is 1. The quantitative estimate of drug-likeness (QED) is 0.602. The monoisotopic (exact) mass is 249 g/mol. The first-order chi connectivity index (χ1) is 8.58. The maximum absolute atomic E-state index is 11.1. The number of amides is 1. The molecular formula is C13H19N3O2. The number of carbonyl (C=O) groups is 1. The molecule has 1 amide bonds. The highest BCUT2D eigenvalue weighted by atomic mass is 16.3. The molecule has 1 aliphatic carbocycles. The molecule has 2 unspecified atom stereocenters. The summed E-state index contributed by atoms with van der Waals surface area (Å²) in [4.78, 5) is 11.1. The lowest BCUT2D eigenvalue weighted by molar-refractivity contribution is 0.100. The van der Waals surface area contributed by atoms with Gasteiger partial charge in [-0.05, 0) is 31.0 Å². The van der Waals surface area contributed by atoms with Crippen LogP contribution in [0.15, 0.2) is 18.2 Å². The SMILES string of the molecule is NC(=O)c1ccc(N)c(NC2CCCCC2O)c1. The largest absolute Gasteiger partial charge is 0.397 e. The molecule has 6 N–H and O–H groups in total. The van der Waals surface area contributed by atoms with Crippen molar-refractivity contribution >= 4 is 17.3 Å². The summed E-state index contributed by atoms with van der Waals surface area (Å²) in [5.41, 5.74) is 12.7. The molecule has 0 heterocycles. The van der Waals surface area contributed by atoms with Crippen molar-refractivity contribution in [3.05, 3.63) is 23.8 Å². The predicted octanol–water partition coefficient (Wildman–Crippen LogP) is 1.08. The number of hydrogen-bond donors (Lipinski definition) is 4. The first-order valence-electron chi connectivity index (χ1n) is 6.22. The minimum absolute atomic E-state index is 0.0100. The third kappa shape index (κ3) is 2.73. The van der Waals surface area contributed by atoms with Crippen LogP contribution in [-0.4, -0.2) is 23.2 Å². The highest BCUT2D eigenvalue weighted by Gasteiger charge is 2.23. The van der Waals surface area contributed by atoms with Crippen LogP contribution in [0.25, 0.3) is 0 Å². The zero-order chi connectivity index (χ0) is 13.1. The van der Waals surface area contributed by atoms with Gasteiger partial charge in [-0.25, -0.2) is 0 Å². The lowest BCUT2D eigenvalue weighted by atomic mass is 9.92. The molecule has 2 rings (SSSR count). The fraction of sp³-hybridized carbons (Fsp3) is 0.462. The summed E-state index contributed by atoms with van der Waals surface area (Å²) in [6, 6.07) is 4.88. The third-order valence-electron chi connectivity index (χ3n) is 3.41. The molecule has 0 bridgehead atoms. The lowest BCUT2D eigenvalue weighted by Gasteiger charge is -2.29. The number of benzene rings is 1. The summed E-state index contributed by atoms with van der Waals surface area (Å²) >= 11 is 0. The van der Waals surface area contributed by atoms with Gasteiger partial charge in [-0.2, -0.15) is 0 Å². The van der Waals surface area contributed by atoms with Crippen LogP contribution >= 0.6 is 0 Å². The summed E-state index contributed by atoms with van der Waals surface area (Å²) in [5, 5.41) is 13.1. The Kier molecular flexibility index (Phi) is 3.72. The van der Waals surface area contributed by atoms with Gasteiger partial charge in [0.1, 0.15) is 0 Å². The van der Waals surface area contributed by atoms with Crippen LogP contribution in [0.4, 0.5) is 11.4 Å². The van der Waals surface area contributed by atoms with Gasteiger partial charge in [0.05, 0.1) is 23.5 Å². The van der Waals surface area contributed by atoms with Crippen LogP contribution in [0.1, 0.15) is 36.0 Å². The molecule has 18 heavy (non-hydrogen) atoms. The number of primary amides is 1. The van der Waals surface area contributed by atoms with Crippen LogP contribution in [-0.2, 0) is 0 Å². The van der Waals surface area contributed by atoms with Crippen molar-refractivity contribution in [2.24, 2.45) is 5.73 Å². The molecule has 0 radical (unpaired) electrons. The number of nitrogens with one attached hydrogen (secondary N) is 1. The van der Waals surface area contributed by atoms with Crippen LogP contribution in [0, 0.1) is 0 Å². The number of rotatable bonds is 3. The van der Waals surface area contributed by atoms with Gasteiger partial charge in [-0.3, -0.25) is 4.79 Å². The van der Waals surface area contributed by atoms with E-state index in [1.807, 2.05) is 0 Å². The number of nitrogen functional groups attached to an aromatic ring is 1. The van der Waals surface area contributed by atoms with Gasteiger partial charge in [0.2, 0.25) is 5.91 Å². The molecule has 0 saturated heterocycles. The van der Waals surface area contributed by atoms with Gasteiger partial charge < -0.3 is 21.9 Å². The molecule has 1 saturated carbocycles. The normalized spacial score (nSPS) is 23.6. The molecule has 1 aromatic carbocycles. The van der Waals surface area contributed by atoms with Crippen LogP contribution in [0.5, 0.6) is 0 Å². The Morgan fingerprint density at radius 1 is 1.33 bits per heavy atom. The van der Waals surface area contributed by atoms with E-state index in [1.165, 1.54) is 0 Å². The van der Waals surface area contributed by atoms with Crippen molar-refractivity contribution in [3.63, 3.8) is 0 Å². The minimum Gasteiger partial charge on any atom is -0.397 e. The summed E-state index contributed by atoms with van der Waals surface area (Å²) in [7, 11) is 0. The maximum atomic E-state index is 11.1. The molecule has 0 aliphatic heterocycles. The minimum atomic E-state index is -0.484. The first kappa shape index (κ1) is 12.7. The Balaban J connectivity index is 2.17. The second kappa shape index (κ2) is 5.27. The van der Waals surface area contributed by atoms with Crippen LogP contribution in [0.3, 0.4) is 0 Å². The van der Waals surface area contributed by atoms with Gasteiger partial charge in [0, 0.05) is 5.56 Å². The highest BCUT2D eigenvalue weighted by molar-refractivity contribution is 5.94. The Bertz CT molecular complexity index is 448. The molecule has 2 atom stereocenters. The van der Waals surface area contributed by atoms with Crippen LogP contribution in [0.2, 0.25) is 0 Å². The van der Waals surface area contributed by atoms with Crippen molar-refractivity contribution in [2.75, 3.05) is 11.1 Å². The fourth-order valence-corrected chi connectivity index (χ4v) is 2.31. The standard InChI is InChI=1S/C13H19N3O2/c14-9-6-5-8(13(15)18)7-11(9)16-10-3-1-2-4-12(10)17/h5-7,10,12,16-17H,1-4,14H2,(H2,15,18). The summed E-state index contributed by atoms with van der Waals surface area (Å²) in [6.07, 6.45) is 3.48. The van der Waals surface area contributed by atoms with E-state index in [-0.39, 0.29) is 12.1 Å². The second-order valence-electron chi connectivity index (χ2n) is 4.77. The number of carbonyl (C=O) groups excluding carboxylic acids is 1. The molecule has 0 aromatic heterocycles. The van der Waals surface area contributed by atoms with Crippen molar-refractivity contribution in [2.45, 2.75) is 37.8 Å². The van der Waals surface area contributed by atoms with Crippen LogP contribution < -0.4 is 16.8 Å². The fourth-order valence-electron chi connectivity index (χ4n) is 2.31. The Morgan fingerprint density at radius 3 is 2.72 bits per heavy atom. The van der Waals surface area contributed by atoms with E-state index in [9.17, 15) is 9.90 Å². The van der Waals surface area contributed by atoms with Crippen molar-refractivity contribution in [3.8, 4) is 0 Å². The lowest BCUT2D eigenvalue weighted by Crippen LogP contribution is -2.36. The summed E-state index contributed by atoms with van der Waals surface area (Å²) in [5.74, 6) is -0.484. The van der Waals surface area contributed by atoms with E-state index in [0.29, 0.717) is 16.9 Å². The van der Waals surface area contributed by atoms with E-state index < -0.39 is 5.91 Å². The number of hydrogen-bond acceptors (Lipinski definition) is 4. The summed E-state index contributed by atoms with van der Waals surface area (Å²) in [6.45, 7) is 0. The maximum Gasteiger partial charge on any atom is 0.248 e. The zero-order valence-electron chi connectivity index (χ0n) is 10.2. The van der Waals surface area contributed by atoms with Crippen molar-refractivity contribution < 1.29 is 9.90 Å². The van der Waals surface area contributed by atoms with Gasteiger partial charge in [0.25, 0.3) is 0 Å². The molecule has 5 heteroatoms. The molecule has 1 aromatic rings. The van der Waals surface area contributed by atoms with E-state index in [1.54, 1.807) is 18.2 Å². The Morgan fingerprint density at radius 2 is 2.06 bits per heavy atom. The van der Waals surface area contributed by atoms with Gasteiger partial charge in [-0.1, -0.05) is 12.8 Å². The highest BCUT2D eigenvalue weighted by Crippen LogP contribution is 2.26. The van der Waals surface area contributed by atoms with E-state index in [2.05, 4.69) is 5.32 Å². The van der Waals surface area contributed by atoms with Gasteiger partial charge in [0.15, 0.2) is 0 Å². The van der Waals surface area contributed by atoms with Crippen molar-refractivity contribution in [1.82, 2.24) is 0 Å². The number of aliphatic hydroxyl groups is 1. The molecule has 5 nitrogen and oxygen atoms in total. The average Bonchev–Trinajstić information content (AvgIpc) is 2.34. The third-order valence-corrected chi connectivity index (χ3v) is 3.41. The second-order valence-corrected chi connectivity index (χ2v) is 4.77. The van der Waals surface area contributed by atoms with E-state index in [4.69, 9.17) is 11.5 Å². The Labute approximate surface area is 106 Å². The molecule has 98 valence electrons. The van der Waals surface area contributed by atoms with Gasteiger partial charge in [-0.15, -0.1) is 0 Å². The molecule has 1 fully saturated rings. The zero-order valence-corrected chi connectivity index (χ0v) is 10.2. The topological polar surface area (TPSA) is 101 Å². The van der Waals surface area contributed by atoms with Gasteiger partial charge >= 0.3 is 0 Å².